The van der Waals surface area contributed by atoms with Crippen LogP contribution in [0.1, 0.15) is 30.4 Å². The Morgan fingerprint density at radius 1 is 1.06 bits per heavy atom. The number of hydrogen-bond acceptors (Lipinski definition) is 6. The number of nitrogens with zero attached hydrogens (tertiary/aromatic N) is 1. The second kappa shape index (κ2) is 9.98. The van der Waals surface area contributed by atoms with E-state index in [9.17, 15) is 9.59 Å². The van der Waals surface area contributed by atoms with Gasteiger partial charge in [0.15, 0.2) is 0 Å². The third-order valence-corrected chi connectivity index (χ3v) is 6.39. The van der Waals surface area contributed by atoms with Crippen molar-refractivity contribution in [2.24, 2.45) is 0 Å². The van der Waals surface area contributed by atoms with Crippen LogP contribution in [0.5, 0.6) is 11.5 Å². The van der Waals surface area contributed by atoms with E-state index in [0.29, 0.717) is 23.3 Å². The number of aryl methyl sites for hydroxylation is 1. The highest BCUT2D eigenvalue weighted by molar-refractivity contribution is 5.82. The molecule has 4 rings (SSSR count). The Bertz CT molecular complexity index is 1180. The quantitative estimate of drug-likeness (QED) is 0.551. The monoisotopic (exact) mass is 450 g/mol. The molecule has 174 valence electrons. The number of hydrogen-bond donors (Lipinski definition) is 1. The van der Waals surface area contributed by atoms with Gasteiger partial charge >= 0.3 is 5.63 Å². The van der Waals surface area contributed by atoms with E-state index in [2.05, 4.69) is 22.3 Å². The van der Waals surface area contributed by atoms with Crippen LogP contribution in [0.3, 0.4) is 0 Å². The smallest absolute Gasteiger partial charge is 0.339 e. The van der Waals surface area contributed by atoms with Gasteiger partial charge in [-0.05, 0) is 68.1 Å². The lowest BCUT2D eigenvalue weighted by molar-refractivity contribution is -0.121. The third-order valence-electron chi connectivity index (χ3n) is 6.39. The minimum atomic E-state index is -0.395. The first kappa shape index (κ1) is 22.7. The van der Waals surface area contributed by atoms with Crippen LogP contribution in [-0.2, 0) is 11.2 Å². The second-order valence-corrected chi connectivity index (χ2v) is 8.38. The largest absolute Gasteiger partial charge is 0.497 e. The van der Waals surface area contributed by atoms with E-state index in [4.69, 9.17) is 13.9 Å². The summed E-state index contributed by atoms with van der Waals surface area (Å²) in [5, 5.41) is 3.99. The molecule has 3 aromatic rings. The Labute approximate surface area is 193 Å². The summed E-state index contributed by atoms with van der Waals surface area (Å²) >= 11 is 0. The number of rotatable bonds is 7. The average molecular weight is 451 g/mol. The summed E-state index contributed by atoms with van der Waals surface area (Å²) in [4.78, 5) is 27.4. The van der Waals surface area contributed by atoms with Crippen LogP contribution in [0.25, 0.3) is 11.0 Å². The lowest BCUT2D eigenvalue weighted by Gasteiger charge is -2.34. The maximum Gasteiger partial charge on any atom is 0.339 e. The van der Waals surface area contributed by atoms with Gasteiger partial charge < -0.3 is 24.1 Å². The minimum absolute atomic E-state index is 0.0356. The molecular weight excluding hydrogens is 420 g/mol. The molecule has 0 atom stereocenters. The maximum absolute atomic E-state index is 12.6. The van der Waals surface area contributed by atoms with Crippen molar-refractivity contribution in [2.45, 2.75) is 38.6 Å². The molecule has 1 aliphatic heterocycles. The predicted molar refractivity (Wildman–Crippen MR) is 128 cm³/mol. The lowest BCUT2D eigenvalue weighted by Crippen LogP contribution is -2.44. The average Bonchev–Trinajstić information content (AvgIpc) is 2.84. The van der Waals surface area contributed by atoms with Crippen molar-refractivity contribution < 1.29 is 18.7 Å². The van der Waals surface area contributed by atoms with Crippen molar-refractivity contribution >= 4 is 22.6 Å². The molecule has 7 nitrogen and oxygen atoms in total. The summed E-state index contributed by atoms with van der Waals surface area (Å²) in [6.45, 7) is 3.66. The molecular formula is C26H30N2O5. The molecule has 2 aromatic carbocycles. The molecule has 1 fully saturated rings. The first-order valence-electron chi connectivity index (χ1n) is 11.3. The Morgan fingerprint density at radius 3 is 2.39 bits per heavy atom. The zero-order chi connectivity index (χ0) is 23.4. The van der Waals surface area contributed by atoms with Crippen LogP contribution in [0.4, 0.5) is 5.69 Å². The summed E-state index contributed by atoms with van der Waals surface area (Å²) < 4.78 is 15.9. The molecule has 1 aromatic heterocycles. The van der Waals surface area contributed by atoms with Gasteiger partial charge in [0.25, 0.3) is 0 Å². The van der Waals surface area contributed by atoms with Crippen LogP contribution in [0.2, 0.25) is 0 Å². The number of benzene rings is 2. The van der Waals surface area contributed by atoms with Gasteiger partial charge in [-0.1, -0.05) is 0 Å². The van der Waals surface area contributed by atoms with Crippen LogP contribution >= 0.6 is 0 Å². The van der Waals surface area contributed by atoms with Crippen molar-refractivity contribution in [3.8, 4) is 11.5 Å². The van der Waals surface area contributed by atoms with E-state index in [-0.39, 0.29) is 18.4 Å². The van der Waals surface area contributed by atoms with E-state index in [1.165, 1.54) is 0 Å². The van der Waals surface area contributed by atoms with Gasteiger partial charge in [0.05, 0.1) is 14.2 Å². The number of amides is 1. The van der Waals surface area contributed by atoms with E-state index in [1.54, 1.807) is 20.3 Å². The number of carbonyl (C=O) groups is 1. The number of methoxy groups -OCH3 is 2. The standard InChI is InChI=1S/C26H30N2O5/c1-17-22-9-8-21(32-3)16-24(22)33-26(30)23(17)10-11-25(29)27-18-12-14-28(15-13-18)19-4-6-20(31-2)7-5-19/h4-9,16,18H,10-15H2,1-3H3,(H,27,29). The van der Waals surface area contributed by atoms with E-state index in [1.807, 2.05) is 31.2 Å². The molecule has 1 N–H and O–H groups in total. The fourth-order valence-corrected chi connectivity index (χ4v) is 4.40. The molecule has 7 heteroatoms. The van der Waals surface area contributed by atoms with Crippen molar-refractivity contribution in [3.63, 3.8) is 0 Å². The minimum Gasteiger partial charge on any atom is -0.497 e. The van der Waals surface area contributed by atoms with Crippen molar-refractivity contribution in [2.75, 3.05) is 32.2 Å². The topological polar surface area (TPSA) is 81.0 Å². The molecule has 1 amide bonds. The Kier molecular flexibility index (Phi) is 6.87. The van der Waals surface area contributed by atoms with E-state index < -0.39 is 5.63 Å². The number of anilines is 1. The van der Waals surface area contributed by atoms with Crippen LogP contribution in [-0.4, -0.2) is 39.3 Å². The van der Waals surface area contributed by atoms with Crippen molar-refractivity contribution in [1.29, 1.82) is 0 Å². The molecule has 33 heavy (non-hydrogen) atoms. The third kappa shape index (κ3) is 5.13. The summed E-state index contributed by atoms with van der Waals surface area (Å²) in [5.41, 5.74) is 2.67. The van der Waals surface area contributed by atoms with Gasteiger partial charge in [0.1, 0.15) is 17.1 Å². The summed E-state index contributed by atoms with van der Waals surface area (Å²) in [5.74, 6) is 1.44. The summed E-state index contributed by atoms with van der Waals surface area (Å²) in [6.07, 6.45) is 2.38. The van der Waals surface area contributed by atoms with Gasteiger partial charge in [0, 0.05) is 48.3 Å². The highest BCUT2D eigenvalue weighted by Crippen LogP contribution is 2.25. The molecule has 0 spiro atoms. The highest BCUT2D eigenvalue weighted by Gasteiger charge is 2.21. The second-order valence-electron chi connectivity index (χ2n) is 8.38. The number of piperidine rings is 1. The van der Waals surface area contributed by atoms with Crippen LogP contribution < -0.4 is 25.3 Å². The number of carbonyl (C=O) groups excluding carboxylic acids is 1. The molecule has 1 saturated heterocycles. The Balaban J connectivity index is 1.32. The molecule has 0 bridgehead atoms. The first-order valence-corrected chi connectivity index (χ1v) is 11.3. The maximum atomic E-state index is 12.6. The summed E-state index contributed by atoms with van der Waals surface area (Å²) in [7, 11) is 3.23. The van der Waals surface area contributed by atoms with Gasteiger partial charge in [-0.2, -0.15) is 0 Å². The predicted octanol–water partition coefficient (Wildman–Crippen LogP) is 3.84. The van der Waals surface area contributed by atoms with Crippen LogP contribution in [0.15, 0.2) is 51.7 Å². The van der Waals surface area contributed by atoms with E-state index >= 15 is 0 Å². The van der Waals surface area contributed by atoms with Gasteiger partial charge in [-0.15, -0.1) is 0 Å². The van der Waals surface area contributed by atoms with E-state index in [0.717, 1.165) is 48.3 Å². The SMILES string of the molecule is COc1ccc(N2CCC(NC(=O)CCc3c(C)c4ccc(OC)cc4oc3=O)CC2)cc1. The first-order chi connectivity index (χ1) is 16.0. The molecule has 0 saturated carbocycles. The van der Waals surface area contributed by atoms with Crippen LogP contribution in [0, 0.1) is 6.92 Å². The molecule has 0 unspecified atom stereocenters. The number of fused-ring (bicyclic) bond motifs is 1. The Morgan fingerprint density at radius 2 is 1.73 bits per heavy atom. The molecule has 0 radical (unpaired) electrons. The normalized spacial score (nSPS) is 14.3. The van der Waals surface area contributed by atoms with Gasteiger partial charge in [0.2, 0.25) is 5.91 Å². The zero-order valence-corrected chi connectivity index (χ0v) is 19.3. The number of ether oxygens (including phenoxy) is 2. The molecule has 2 heterocycles. The zero-order valence-electron chi connectivity index (χ0n) is 19.3. The van der Waals surface area contributed by atoms with Gasteiger partial charge in [-0.3, -0.25) is 4.79 Å². The lowest BCUT2D eigenvalue weighted by atomic mass is 10.0. The summed E-state index contributed by atoms with van der Waals surface area (Å²) in [6, 6.07) is 13.6. The van der Waals surface area contributed by atoms with Crippen molar-refractivity contribution in [3.05, 3.63) is 64.0 Å². The number of nitrogens with one attached hydrogen (secondary N) is 1. The fourth-order valence-electron chi connectivity index (χ4n) is 4.40. The highest BCUT2D eigenvalue weighted by atomic mass is 16.5. The van der Waals surface area contributed by atoms with Gasteiger partial charge in [-0.25, -0.2) is 4.79 Å². The fraction of sp³-hybridized carbons (Fsp3) is 0.385. The van der Waals surface area contributed by atoms with Crippen molar-refractivity contribution in [1.82, 2.24) is 5.32 Å². The Hall–Kier alpha value is -3.48. The molecule has 0 aliphatic carbocycles. The molecule has 1 aliphatic rings.